The molecule has 0 saturated heterocycles. The Kier molecular flexibility index (Phi) is 4.19. The standard InChI is InChI=1S/C18H16FN3O/c1-22-12-11-20-17(22)16(13-7-3-2-4-8-13)21-18(23)14-9-5-6-10-15(14)19/h2-12,16H,1H3,(H,21,23)/t16-/m0/s1. The highest BCUT2D eigenvalue weighted by molar-refractivity contribution is 5.94. The van der Waals surface area contributed by atoms with Crippen LogP contribution in [0.25, 0.3) is 0 Å². The van der Waals surface area contributed by atoms with Gasteiger partial charge in [0.05, 0.1) is 5.56 Å². The van der Waals surface area contributed by atoms with E-state index in [4.69, 9.17) is 0 Å². The fourth-order valence-electron chi connectivity index (χ4n) is 2.45. The lowest BCUT2D eigenvalue weighted by atomic mass is 10.1. The van der Waals surface area contributed by atoms with Gasteiger partial charge in [-0.1, -0.05) is 42.5 Å². The van der Waals surface area contributed by atoms with Gasteiger partial charge in [-0.3, -0.25) is 4.79 Å². The number of nitrogens with one attached hydrogen (secondary N) is 1. The van der Waals surface area contributed by atoms with Crippen molar-refractivity contribution < 1.29 is 9.18 Å². The molecule has 1 aromatic heterocycles. The third-order valence-corrected chi connectivity index (χ3v) is 3.64. The Bertz CT molecular complexity index is 814. The molecule has 0 bridgehead atoms. The summed E-state index contributed by atoms with van der Waals surface area (Å²) in [5, 5.41) is 2.87. The first kappa shape index (κ1) is 15.0. The third kappa shape index (κ3) is 3.13. The van der Waals surface area contributed by atoms with Gasteiger partial charge in [0.25, 0.3) is 5.91 Å². The maximum absolute atomic E-state index is 13.8. The normalized spacial score (nSPS) is 11.9. The molecule has 23 heavy (non-hydrogen) atoms. The van der Waals surface area contributed by atoms with Crippen molar-refractivity contribution in [1.29, 1.82) is 0 Å². The van der Waals surface area contributed by atoms with Gasteiger partial charge in [-0.2, -0.15) is 0 Å². The second-order valence-corrected chi connectivity index (χ2v) is 5.19. The number of nitrogens with zero attached hydrogens (tertiary/aromatic N) is 2. The molecule has 116 valence electrons. The van der Waals surface area contributed by atoms with E-state index in [1.807, 2.05) is 41.9 Å². The highest BCUT2D eigenvalue weighted by atomic mass is 19.1. The van der Waals surface area contributed by atoms with Crippen molar-refractivity contribution in [2.75, 3.05) is 0 Å². The van der Waals surface area contributed by atoms with E-state index in [0.717, 1.165) is 5.56 Å². The maximum Gasteiger partial charge on any atom is 0.255 e. The first-order valence-corrected chi connectivity index (χ1v) is 7.24. The number of halogens is 1. The lowest BCUT2D eigenvalue weighted by Crippen LogP contribution is -2.31. The Hall–Kier alpha value is -2.95. The SMILES string of the molecule is Cn1ccnc1[C@@H](NC(=O)c1ccccc1F)c1ccccc1. The minimum atomic E-state index is -0.545. The van der Waals surface area contributed by atoms with E-state index in [1.165, 1.54) is 12.1 Å². The van der Waals surface area contributed by atoms with Gasteiger partial charge in [-0.05, 0) is 17.7 Å². The highest BCUT2D eigenvalue weighted by Crippen LogP contribution is 2.21. The molecule has 3 aromatic rings. The van der Waals surface area contributed by atoms with Crippen molar-refractivity contribution in [2.24, 2.45) is 7.05 Å². The number of rotatable bonds is 4. The lowest BCUT2D eigenvalue weighted by Gasteiger charge is -2.19. The summed E-state index contributed by atoms with van der Waals surface area (Å²) >= 11 is 0. The van der Waals surface area contributed by atoms with Crippen LogP contribution in [0.4, 0.5) is 4.39 Å². The average molecular weight is 309 g/mol. The average Bonchev–Trinajstić information content (AvgIpc) is 2.99. The van der Waals surface area contributed by atoms with E-state index >= 15 is 0 Å². The van der Waals surface area contributed by atoms with Crippen molar-refractivity contribution in [3.8, 4) is 0 Å². The summed E-state index contributed by atoms with van der Waals surface area (Å²) < 4.78 is 15.7. The van der Waals surface area contributed by atoms with Crippen molar-refractivity contribution in [2.45, 2.75) is 6.04 Å². The molecule has 1 atom stereocenters. The van der Waals surface area contributed by atoms with Gasteiger partial charge in [0, 0.05) is 19.4 Å². The van der Waals surface area contributed by atoms with Gasteiger partial charge >= 0.3 is 0 Å². The first-order chi connectivity index (χ1) is 11.2. The fourth-order valence-corrected chi connectivity index (χ4v) is 2.45. The zero-order chi connectivity index (χ0) is 16.2. The Morgan fingerprint density at radius 2 is 1.83 bits per heavy atom. The number of hydrogen-bond donors (Lipinski definition) is 1. The topological polar surface area (TPSA) is 46.9 Å². The van der Waals surface area contributed by atoms with Gasteiger partial charge < -0.3 is 9.88 Å². The first-order valence-electron chi connectivity index (χ1n) is 7.24. The lowest BCUT2D eigenvalue weighted by molar-refractivity contribution is 0.0937. The van der Waals surface area contributed by atoms with Crippen LogP contribution in [0.5, 0.6) is 0 Å². The Balaban J connectivity index is 1.96. The molecule has 0 aliphatic rings. The minimum absolute atomic E-state index is 0.0163. The summed E-state index contributed by atoms with van der Waals surface area (Å²) in [5.74, 6) is -0.336. The molecule has 3 rings (SSSR count). The molecule has 0 aliphatic carbocycles. The van der Waals surface area contributed by atoms with E-state index in [0.29, 0.717) is 5.82 Å². The van der Waals surface area contributed by atoms with Gasteiger partial charge in [0.2, 0.25) is 0 Å². The largest absolute Gasteiger partial charge is 0.338 e. The van der Waals surface area contributed by atoms with Gasteiger partial charge in [0.15, 0.2) is 0 Å². The third-order valence-electron chi connectivity index (χ3n) is 3.64. The van der Waals surface area contributed by atoms with E-state index in [2.05, 4.69) is 10.3 Å². The number of carbonyl (C=O) groups is 1. The molecule has 1 N–H and O–H groups in total. The van der Waals surface area contributed by atoms with Crippen LogP contribution < -0.4 is 5.32 Å². The predicted molar refractivity (Wildman–Crippen MR) is 85.4 cm³/mol. The molecule has 4 nitrogen and oxygen atoms in total. The molecule has 0 radical (unpaired) electrons. The van der Waals surface area contributed by atoms with E-state index in [9.17, 15) is 9.18 Å². The molecule has 5 heteroatoms. The number of amides is 1. The summed E-state index contributed by atoms with van der Waals surface area (Å²) in [5.41, 5.74) is 0.897. The summed E-state index contributed by atoms with van der Waals surface area (Å²) in [4.78, 5) is 16.8. The number of carbonyl (C=O) groups excluding carboxylic acids is 1. The smallest absolute Gasteiger partial charge is 0.255 e. The van der Waals surface area contributed by atoms with Crippen LogP contribution in [0, 0.1) is 5.82 Å². The van der Waals surface area contributed by atoms with Crippen molar-refractivity contribution in [3.63, 3.8) is 0 Å². The zero-order valence-corrected chi connectivity index (χ0v) is 12.6. The second kappa shape index (κ2) is 6.44. The number of aryl methyl sites for hydroxylation is 1. The van der Waals surface area contributed by atoms with Crippen LogP contribution in [0.2, 0.25) is 0 Å². The quantitative estimate of drug-likeness (QED) is 0.805. The molecular formula is C18H16FN3O. The summed E-state index contributed by atoms with van der Waals surface area (Å²) in [6, 6.07) is 15.0. The molecular weight excluding hydrogens is 293 g/mol. The Morgan fingerprint density at radius 1 is 1.13 bits per heavy atom. The van der Waals surface area contributed by atoms with E-state index in [-0.39, 0.29) is 5.56 Å². The monoisotopic (exact) mass is 309 g/mol. The zero-order valence-electron chi connectivity index (χ0n) is 12.6. The molecule has 1 amide bonds. The fraction of sp³-hybridized carbons (Fsp3) is 0.111. The second-order valence-electron chi connectivity index (χ2n) is 5.19. The van der Waals surface area contributed by atoms with E-state index in [1.54, 1.807) is 24.5 Å². The maximum atomic E-state index is 13.8. The van der Waals surface area contributed by atoms with Gasteiger partial charge in [-0.25, -0.2) is 9.37 Å². The van der Waals surface area contributed by atoms with Gasteiger partial charge in [0.1, 0.15) is 17.7 Å². The Labute approximate surface area is 133 Å². The predicted octanol–water partition coefficient (Wildman–Crippen LogP) is 3.08. The van der Waals surface area contributed by atoms with Crippen molar-refractivity contribution in [1.82, 2.24) is 14.9 Å². The molecule has 0 spiro atoms. The number of imidazole rings is 1. The molecule has 1 heterocycles. The number of aromatic nitrogens is 2. The van der Waals surface area contributed by atoms with Crippen LogP contribution >= 0.6 is 0 Å². The number of hydrogen-bond acceptors (Lipinski definition) is 2. The van der Waals surface area contributed by atoms with Crippen LogP contribution in [0.3, 0.4) is 0 Å². The summed E-state index contributed by atoms with van der Waals surface area (Å²) in [7, 11) is 1.85. The summed E-state index contributed by atoms with van der Waals surface area (Å²) in [6.45, 7) is 0. The Morgan fingerprint density at radius 3 is 2.48 bits per heavy atom. The number of benzene rings is 2. The van der Waals surface area contributed by atoms with Gasteiger partial charge in [-0.15, -0.1) is 0 Å². The highest BCUT2D eigenvalue weighted by Gasteiger charge is 2.22. The molecule has 2 aromatic carbocycles. The van der Waals surface area contributed by atoms with Crippen molar-refractivity contribution in [3.05, 3.63) is 89.8 Å². The molecule has 0 saturated carbocycles. The van der Waals surface area contributed by atoms with Crippen LogP contribution in [0.15, 0.2) is 67.0 Å². The summed E-state index contributed by atoms with van der Waals surface area (Å²) in [6.07, 6.45) is 3.47. The molecule has 0 fully saturated rings. The van der Waals surface area contributed by atoms with Crippen LogP contribution in [0.1, 0.15) is 27.8 Å². The minimum Gasteiger partial charge on any atom is -0.338 e. The molecule has 0 unspecified atom stereocenters. The van der Waals surface area contributed by atoms with E-state index < -0.39 is 17.8 Å². The van der Waals surface area contributed by atoms with Crippen molar-refractivity contribution >= 4 is 5.91 Å². The van der Waals surface area contributed by atoms with Crippen LogP contribution in [-0.2, 0) is 7.05 Å². The molecule has 0 aliphatic heterocycles. The van der Waals surface area contributed by atoms with Crippen LogP contribution in [-0.4, -0.2) is 15.5 Å².